The van der Waals surface area contributed by atoms with Crippen molar-refractivity contribution >= 4 is 11.6 Å². The number of hydrogen-bond acceptors (Lipinski definition) is 1. The number of nitrogens with one attached hydrogen (secondary N) is 1. The van der Waals surface area contributed by atoms with Crippen LogP contribution in [0.4, 0.5) is 5.69 Å². The Labute approximate surface area is 108 Å². The molecule has 1 aromatic carbocycles. The number of benzene rings is 1. The van der Waals surface area contributed by atoms with Crippen molar-refractivity contribution in [2.75, 3.05) is 5.32 Å². The molecule has 0 aliphatic heterocycles. The second-order valence-electron chi connectivity index (χ2n) is 4.76. The lowest BCUT2D eigenvalue weighted by atomic mass is 10.1. The van der Waals surface area contributed by atoms with Crippen LogP contribution in [0, 0.1) is 13.8 Å². The SMILES string of the molecule is Cc1cccc(C)c1NC(=O)C=CC1=CCCC1. The van der Waals surface area contributed by atoms with E-state index in [-0.39, 0.29) is 5.91 Å². The van der Waals surface area contributed by atoms with Crippen LogP contribution in [-0.4, -0.2) is 5.91 Å². The summed E-state index contributed by atoms with van der Waals surface area (Å²) in [5, 5.41) is 2.95. The Morgan fingerprint density at radius 2 is 2.00 bits per heavy atom. The highest BCUT2D eigenvalue weighted by molar-refractivity contribution is 6.00. The van der Waals surface area contributed by atoms with Gasteiger partial charge < -0.3 is 5.32 Å². The third-order valence-corrected chi connectivity index (χ3v) is 3.25. The van der Waals surface area contributed by atoms with Crippen LogP contribution in [0.2, 0.25) is 0 Å². The van der Waals surface area contributed by atoms with Crippen molar-refractivity contribution in [2.24, 2.45) is 0 Å². The predicted octanol–water partition coefficient (Wildman–Crippen LogP) is 3.91. The first-order valence-corrected chi connectivity index (χ1v) is 6.41. The maximum Gasteiger partial charge on any atom is 0.248 e. The summed E-state index contributed by atoms with van der Waals surface area (Å²) in [4.78, 5) is 11.8. The standard InChI is InChI=1S/C16H19NO/c1-12-6-5-7-13(2)16(12)17-15(18)11-10-14-8-3-4-9-14/h5-8,10-11H,3-4,9H2,1-2H3,(H,17,18). The average molecular weight is 241 g/mol. The molecule has 1 aromatic rings. The van der Waals surface area contributed by atoms with Gasteiger partial charge >= 0.3 is 0 Å². The van der Waals surface area contributed by atoms with Gasteiger partial charge in [0.15, 0.2) is 0 Å². The summed E-state index contributed by atoms with van der Waals surface area (Å²) in [5.41, 5.74) is 4.38. The van der Waals surface area contributed by atoms with E-state index in [0.29, 0.717) is 0 Å². The molecule has 2 rings (SSSR count). The Balaban J connectivity index is 2.03. The first kappa shape index (κ1) is 12.6. The molecule has 0 spiro atoms. The predicted molar refractivity (Wildman–Crippen MR) is 75.6 cm³/mol. The number of aryl methyl sites for hydroxylation is 2. The minimum absolute atomic E-state index is 0.0554. The lowest BCUT2D eigenvalue weighted by Crippen LogP contribution is -2.10. The quantitative estimate of drug-likeness (QED) is 0.799. The molecule has 0 atom stereocenters. The van der Waals surface area contributed by atoms with Crippen LogP contribution in [0.5, 0.6) is 0 Å². The summed E-state index contributed by atoms with van der Waals surface area (Å²) in [5.74, 6) is -0.0554. The Morgan fingerprint density at radius 1 is 1.28 bits per heavy atom. The van der Waals surface area contributed by atoms with Crippen molar-refractivity contribution in [3.63, 3.8) is 0 Å². The summed E-state index contributed by atoms with van der Waals surface area (Å²) in [6, 6.07) is 6.01. The zero-order chi connectivity index (χ0) is 13.0. The summed E-state index contributed by atoms with van der Waals surface area (Å²) < 4.78 is 0. The highest BCUT2D eigenvalue weighted by Gasteiger charge is 2.05. The largest absolute Gasteiger partial charge is 0.322 e. The van der Waals surface area contributed by atoms with Crippen molar-refractivity contribution in [3.8, 4) is 0 Å². The fraction of sp³-hybridized carbons (Fsp3) is 0.312. The van der Waals surface area contributed by atoms with Crippen molar-refractivity contribution in [3.05, 3.63) is 53.1 Å². The molecule has 1 N–H and O–H groups in total. The van der Waals surface area contributed by atoms with Gasteiger partial charge in [-0.05, 0) is 44.2 Å². The van der Waals surface area contributed by atoms with Crippen LogP contribution >= 0.6 is 0 Å². The van der Waals surface area contributed by atoms with Gasteiger partial charge in [0.2, 0.25) is 5.91 Å². The van der Waals surface area contributed by atoms with Gasteiger partial charge in [-0.1, -0.05) is 35.9 Å². The van der Waals surface area contributed by atoms with Gasteiger partial charge in [-0.2, -0.15) is 0 Å². The van der Waals surface area contributed by atoms with Gasteiger partial charge in [0.1, 0.15) is 0 Å². The molecule has 0 bridgehead atoms. The fourth-order valence-electron chi connectivity index (χ4n) is 2.21. The van der Waals surface area contributed by atoms with Gasteiger partial charge in [0, 0.05) is 11.8 Å². The number of carbonyl (C=O) groups excluding carboxylic acids is 1. The second kappa shape index (κ2) is 5.67. The summed E-state index contributed by atoms with van der Waals surface area (Å²) >= 11 is 0. The third kappa shape index (κ3) is 3.10. The smallest absolute Gasteiger partial charge is 0.248 e. The Bertz CT molecular complexity index is 492. The van der Waals surface area contributed by atoms with Crippen molar-refractivity contribution in [1.29, 1.82) is 0 Å². The number of anilines is 1. The minimum Gasteiger partial charge on any atom is -0.322 e. The Hall–Kier alpha value is -1.83. The number of carbonyl (C=O) groups is 1. The Morgan fingerprint density at radius 3 is 2.61 bits per heavy atom. The molecule has 0 aromatic heterocycles. The summed E-state index contributed by atoms with van der Waals surface area (Å²) in [6.07, 6.45) is 9.19. The van der Waals surface area contributed by atoms with E-state index in [1.807, 2.05) is 38.1 Å². The molecule has 1 aliphatic carbocycles. The van der Waals surface area contributed by atoms with E-state index in [4.69, 9.17) is 0 Å². The number of rotatable bonds is 3. The van der Waals surface area contributed by atoms with Gasteiger partial charge in [-0.15, -0.1) is 0 Å². The average Bonchev–Trinajstić information content (AvgIpc) is 2.84. The van der Waals surface area contributed by atoms with Crippen LogP contribution in [0.3, 0.4) is 0 Å². The highest BCUT2D eigenvalue weighted by atomic mass is 16.1. The molecule has 0 saturated heterocycles. The Kier molecular flexibility index (Phi) is 3.98. The van der Waals surface area contributed by atoms with Crippen molar-refractivity contribution in [1.82, 2.24) is 0 Å². The molecular formula is C16H19NO. The number of para-hydroxylation sites is 1. The maximum atomic E-state index is 11.8. The maximum absolute atomic E-state index is 11.8. The lowest BCUT2D eigenvalue weighted by molar-refractivity contribution is -0.111. The van der Waals surface area contributed by atoms with E-state index in [9.17, 15) is 4.79 Å². The molecule has 2 nitrogen and oxygen atoms in total. The summed E-state index contributed by atoms with van der Waals surface area (Å²) in [6.45, 7) is 4.01. The van der Waals surface area contributed by atoms with E-state index in [1.165, 1.54) is 12.0 Å². The zero-order valence-corrected chi connectivity index (χ0v) is 11.0. The number of amides is 1. The van der Waals surface area contributed by atoms with E-state index in [0.717, 1.165) is 29.7 Å². The van der Waals surface area contributed by atoms with E-state index in [2.05, 4.69) is 11.4 Å². The van der Waals surface area contributed by atoms with Crippen LogP contribution in [-0.2, 0) is 4.79 Å². The first-order chi connectivity index (χ1) is 8.66. The third-order valence-electron chi connectivity index (χ3n) is 3.25. The zero-order valence-electron chi connectivity index (χ0n) is 11.0. The molecule has 94 valence electrons. The minimum atomic E-state index is -0.0554. The number of hydrogen-bond donors (Lipinski definition) is 1. The normalized spacial score (nSPS) is 14.9. The molecule has 0 unspecified atom stereocenters. The van der Waals surface area contributed by atoms with E-state index >= 15 is 0 Å². The molecular weight excluding hydrogens is 222 g/mol. The van der Waals surface area contributed by atoms with Crippen LogP contribution in [0.25, 0.3) is 0 Å². The van der Waals surface area contributed by atoms with Crippen molar-refractivity contribution in [2.45, 2.75) is 33.1 Å². The van der Waals surface area contributed by atoms with E-state index in [1.54, 1.807) is 6.08 Å². The van der Waals surface area contributed by atoms with Gasteiger partial charge in [-0.25, -0.2) is 0 Å². The van der Waals surface area contributed by atoms with Gasteiger partial charge in [-0.3, -0.25) is 4.79 Å². The second-order valence-corrected chi connectivity index (χ2v) is 4.76. The molecule has 0 heterocycles. The molecule has 0 radical (unpaired) electrons. The molecule has 2 heteroatoms. The van der Waals surface area contributed by atoms with Crippen LogP contribution in [0.15, 0.2) is 42.0 Å². The fourth-order valence-corrected chi connectivity index (χ4v) is 2.21. The topological polar surface area (TPSA) is 29.1 Å². The van der Waals surface area contributed by atoms with E-state index < -0.39 is 0 Å². The molecule has 0 saturated carbocycles. The van der Waals surface area contributed by atoms with Crippen molar-refractivity contribution < 1.29 is 4.79 Å². The molecule has 18 heavy (non-hydrogen) atoms. The van der Waals surface area contributed by atoms with Gasteiger partial charge in [0.05, 0.1) is 0 Å². The highest BCUT2D eigenvalue weighted by Crippen LogP contribution is 2.20. The first-order valence-electron chi connectivity index (χ1n) is 6.41. The molecule has 1 amide bonds. The number of allylic oxidation sites excluding steroid dienone is 3. The molecule has 1 aliphatic rings. The van der Waals surface area contributed by atoms with Gasteiger partial charge in [0.25, 0.3) is 0 Å². The van der Waals surface area contributed by atoms with Crippen LogP contribution in [0.1, 0.15) is 30.4 Å². The monoisotopic (exact) mass is 241 g/mol. The van der Waals surface area contributed by atoms with Crippen LogP contribution < -0.4 is 5.32 Å². The lowest BCUT2D eigenvalue weighted by Gasteiger charge is -2.09. The molecule has 0 fully saturated rings. The summed E-state index contributed by atoms with van der Waals surface area (Å²) in [7, 11) is 0.